The molecule has 1 aliphatic rings. The second kappa shape index (κ2) is 3.44. The molecule has 0 saturated carbocycles. The molecule has 1 aromatic carbocycles. The maximum Gasteiger partial charge on any atom is 0.0426 e. The molecule has 1 unspecified atom stereocenters. The van der Waals surface area contributed by atoms with Crippen LogP contribution in [0.4, 0.5) is 5.69 Å². The summed E-state index contributed by atoms with van der Waals surface area (Å²) in [4.78, 5) is 2.28. The Labute approximate surface area is 89.7 Å². The molecular weight excluding hydrogens is 196 g/mol. The van der Waals surface area contributed by atoms with E-state index in [2.05, 4.69) is 17.9 Å². The number of anilines is 1. The van der Waals surface area contributed by atoms with Crippen LogP contribution in [0.3, 0.4) is 0 Å². The van der Waals surface area contributed by atoms with Gasteiger partial charge in [-0.3, -0.25) is 0 Å². The fourth-order valence-electron chi connectivity index (χ4n) is 1.88. The molecule has 2 N–H and O–H groups in total. The van der Waals surface area contributed by atoms with Crippen molar-refractivity contribution >= 4 is 17.3 Å². The van der Waals surface area contributed by atoms with Gasteiger partial charge in [0.1, 0.15) is 0 Å². The van der Waals surface area contributed by atoms with Gasteiger partial charge in [0, 0.05) is 29.3 Å². The van der Waals surface area contributed by atoms with Crippen molar-refractivity contribution in [3.05, 3.63) is 29.3 Å². The summed E-state index contributed by atoms with van der Waals surface area (Å²) in [5, 5.41) is 0.785. The van der Waals surface area contributed by atoms with E-state index in [0.717, 1.165) is 24.5 Å². The van der Waals surface area contributed by atoms with Gasteiger partial charge < -0.3 is 10.6 Å². The van der Waals surface area contributed by atoms with E-state index in [-0.39, 0.29) is 5.54 Å². The molecule has 0 amide bonds. The molecule has 2 nitrogen and oxygen atoms in total. The first-order chi connectivity index (χ1) is 6.57. The van der Waals surface area contributed by atoms with Crippen molar-refractivity contribution in [3.8, 4) is 0 Å². The first-order valence-corrected chi connectivity index (χ1v) is 5.24. The van der Waals surface area contributed by atoms with E-state index >= 15 is 0 Å². The second-order valence-corrected chi connectivity index (χ2v) is 4.74. The van der Waals surface area contributed by atoms with Crippen molar-refractivity contribution in [1.29, 1.82) is 0 Å². The molecule has 3 heteroatoms. The van der Waals surface area contributed by atoms with E-state index in [1.165, 1.54) is 5.69 Å². The monoisotopic (exact) mass is 210 g/mol. The molecule has 0 bridgehead atoms. The number of benzene rings is 1. The van der Waals surface area contributed by atoms with E-state index in [0.29, 0.717) is 0 Å². The lowest BCUT2D eigenvalue weighted by molar-refractivity contribution is 0.525. The lowest BCUT2D eigenvalue weighted by Gasteiger charge is -2.21. The number of nitrogens with two attached hydrogens (primary N) is 1. The van der Waals surface area contributed by atoms with Gasteiger partial charge >= 0.3 is 0 Å². The number of hydrogen-bond acceptors (Lipinski definition) is 2. The predicted octanol–water partition coefficient (Wildman–Crippen LogP) is 2.27. The molecule has 1 saturated heterocycles. The highest BCUT2D eigenvalue weighted by Gasteiger charge is 2.29. The van der Waals surface area contributed by atoms with Gasteiger partial charge in [0.25, 0.3) is 0 Å². The van der Waals surface area contributed by atoms with Gasteiger partial charge in [-0.15, -0.1) is 0 Å². The first-order valence-electron chi connectivity index (χ1n) is 4.86. The Kier molecular flexibility index (Phi) is 2.41. The summed E-state index contributed by atoms with van der Waals surface area (Å²) >= 11 is 5.94. The third-order valence-electron chi connectivity index (χ3n) is 2.68. The Balaban J connectivity index is 2.17. The summed E-state index contributed by atoms with van der Waals surface area (Å²) < 4.78 is 0. The Bertz CT molecular complexity index is 336. The number of halogens is 1. The SMILES string of the molecule is CC1(N)CCN(c2cccc(Cl)c2)C1. The van der Waals surface area contributed by atoms with Crippen LogP contribution in [0.1, 0.15) is 13.3 Å². The van der Waals surface area contributed by atoms with Crippen LogP contribution in [-0.2, 0) is 0 Å². The maximum absolute atomic E-state index is 6.07. The van der Waals surface area contributed by atoms with Gasteiger partial charge in [-0.1, -0.05) is 17.7 Å². The molecule has 2 rings (SSSR count). The average Bonchev–Trinajstić information content (AvgIpc) is 2.46. The minimum Gasteiger partial charge on any atom is -0.370 e. The highest BCUT2D eigenvalue weighted by Crippen LogP contribution is 2.26. The van der Waals surface area contributed by atoms with Gasteiger partial charge in [0.2, 0.25) is 0 Å². The van der Waals surface area contributed by atoms with Gasteiger partial charge in [-0.05, 0) is 31.5 Å². The largest absolute Gasteiger partial charge is 0.370 e. The van der Waals surface area contributed by atoms with Crippen LogP contribution in [0, 0.1) is 0 Å². The van der Waals surface area contributed by atoms with Crippen LogP contribution in [0.5, 0.6) is 0 Å². The molecule has 1 aliphatic heterocycles. The van der Waals surface area contributed by atoms with Crippen molar-refractivity contribution < 1.29 is 0 Å². The minimum atomic E-state index is -0.0533. The molecule has 0 aromatic heterocycles. The van der Waals surface area contributed by atoms with Crippen molar-refractivity contribution in [2.24, 2.45) is 5.73 Å². The van der Waals surface area contributed by atoms with Crippen molar-refractivity contribution in [2.45, 2.75) is 18.9 Å². The van der Waals surface area contributed by atoms with Crippen LogP contribution in [0.15, 0.2) is 24.3 Å². The van der Waals surface area contributed by atoms with Crippen LogP contribution < -0.4 is 10.6 Å². The number of nitrogens with zero attached hydrogens (tertiary/aromatic N) is 1. The third kappa shape index (κ3) is 2.02. The van der Waals surface area contributed by atoms with Gasteiger partial charge in [-0.2, -0.15) is 0 Å². The summed E-state index contributed by atoms with van der Waals surface area (Å²) in [5.41, 5.74) is 7.19. The van der Waals surface area contributed by atoms with E-state index < -0.39 is 0 Å². The smallest absolute Gasteiger partial charge is 0.0426 e. The number of rotatable bonds is 1. The molecule has 14 heavy (non-hydrogen) atoms. The quantitative estimate of drug-likeness (QED) is 0.771. The summed E-state index contributed by atoms with van der Waals surface area (Å²) in [6.45, 7) is 4.03. The second-order valence-electron chi connectivity index (χ2n) is 4.31. The Morgan fingerprint density at radius 3 is 2.86 bits per heavy atom. The van der Waals surface area contributed by atoms with Crippen molar-refractivity contribution in [2.75, 3.05) is 18.0 Å². The zero-order chi connectivity index (χ0) is 10.2. The van der Waals surface area contributed by atoms with Crippen LogP contribution >= 0.6 is 11.6 Å². The van der Waals surface area contributed by atoms with Gasteiger partial charge in [-0.25, -0.2) is 0 Å². The van der Waals surface area contributed by atoms with E-state index in [1.807, 2.05) is 18.2 Å². The molecule has 1 heterocycles. The highest BCUT2D eigenvalue weighted by atomic mass is 35.5. The average molecular weight is 211 g/mol. The molecular formula is C11H15ClN2. The molecule has 1 fully saturated rings. The Hall–Kier alpha value is -0.730. The summed E-state index contributed by atoms with van der Waals surface area (Å²) in [6, 6.07) is 7.93. The van der Waals surface area contributed by atoms with E-state index in [9.17, 15) is 0 Å². The maximum atomic E-state index is 6.07. The Morgan fingerprint density at radius 1 is 1.50 bits per heavy atom. The Morgan fingerprint density at radius 2 is 2.29 bits per heavy atom. The minimum absolute atomic E-state index is 0.0533. The zero-order valence-corrected chi connectivity index (χ0v) is 9.09. The molecule has 1 aromatic rings. The van der Waals surface area contributed by atoms with Crippen LogP contribution in [0.25, 0.3) is 0 Å². The van der Waals surface area contributed by atoms with Gasteiger partial charge in [0.05, 0.1) is 0 Å². The number of hydrogen-bond donors (Lipinski definition) is 1. The van der Waals surface area contributed by atoms with Gasteiger partial charge in [0.15, 0.2) is 0 Å². The highest BCUT2D eigenvalue weighted by molar-refractivity contribution is 6.30. The summed E-state index contributed by atoms with van der Waals surface area (Å²) in [6.07, 6.45) is 1.04. The topological polar surface area (TPSA) is 29.3 Å². The molecule has 1 atom stereocenters. The third-order valence-corrected chi connectivity index (χ3v) is 2.91. The molecule has 0 spiro atoms. The summed E-state index contributed by atoms with van der Waals surface area (Å²) in [7, 11) is 0. The van der Waals surface area contributed by atoms with Crippen LogP contribution in [-0.4, -0.2) is 18.6 Å². The van der Waals surface area contributed by atoms with Crippen molar-refractivity contribution in [1.82, 2.24) is 0 Å². The predicted molar refractivity (Wildman–Crippen MR) is 60.9 cm³/mol. The normalized spacial score (nSPS) is 26.9. The summed E-state index contributed by atoms with van der Waals surface area (Å²) in [5.74, 6) is 0. The zero-order valence-electron chi connectivity index (χ0n) is 8.33. The standard InChI is InChI=1S/C11H15ClN2/c1-11(13)5-6-14(8-11)10-4-2-3-9(12)7-10/h2-4,7H,5-6,8,13H2,1H3. The molecule has 0 aliphatic carbocycles. The fraction of sp³-hybridized carbons (Fsp3) is 0.455. The van der Waals surface area contributed by atoms with E-state index in [1.54, 1.807) is 0 Å². The van der Waals surface area contributed by atoms with Crippen LogP contribution in [0.2, 0.25) is 5.02 Å². The first kappa shape index (κ1) is 9.81. The van der Waals surface area contributed by atoms with E-state index in [4.69, 9.17) is 17.3 Å². The lowest BCUT2D eigenvalue weighted by atomic mass is 10.0. The van der Waals surface area contributed by atoms with Crippen molar-refractivity contribution in [3.63, 3.8) is 0 Å². The lowest BCUT2D eigenvalue weighted by Crippen LogP contribution is -2.39. The molecule has 0 radical (unpaired) electrons. The fourth-order valence-corrected chi connectivity index (χ4v) is 2.06. The molecule has 76 valence electrons.